The first kappa shape index (κ1) is 22.3. The van der Waals surface area contributed by atoms with Crippen LogP contribution in [0.5, 0.6) is 0 Å². The molecule has 1 aromatic rings. The predicted octanol–water partition coefficient (Wildman–Crippen LogP) is 2.97. The number of carbonyl (C=O) groups excluding carboxylic acids is 1. The number of hydrogen-bond acceptors (Lipinski definition) is 5. The summed E-state index contributed by atoms with van der Waals surface area (Å²) in [6.07, 6.45) is -4.71. The number of nitrogens with two attached hydrogens (primary N) is 1. The summed E-state index contributed by atoms with van der Waals surface area (Å²) >= 11 is 0. The zero-order valence-electron chi connectivity index (χ0n) is 15.8. The maximum atomic E-state index is 13.0. The van der Waals surface area contributed by atoms with E-state index < -0.39 is 44.0 Å². The molecule has 28 heavy (non-hydrogen) atoms. The Kier molecular flexibility index (Phi) is 6.19. The lowest BCUT2D eigenvalue weighted by atomic mass is 10.1. The normalized spacial score (nSPS) is 17.4. The molecule has 1 saturated heterocycles. The number of benzene rings is 1. The molecular weight excluding hydrogens is 399 g/mol. The number of piperidine rings is 1. The van der Waals surface area contributed by atoms with Crippen molar-refractivity contribution < 1.29 is 31.1 Å². The summed E-state index contributed by atoms with van der Waals surface area (Å²) in [6.45, 7) is 5.31. The topological polar surface area (TPSA) is 102 Å². The molecule has 0 aliphatic carbocycles. The Morgan fingerprint density at radius 1 is 1.21 bits per heavy atom. The molecule has 7 nitrogen and oxygen atoms in total. The number of nitrogens with one attached hydrogen (secondary N) is 1. The van der Waals surface area contributed by atoms with Gasteiger partial charge in [-0.15, -0.1) is 0 Å². The van der Waals surface area contributed by atoms with Crippen molar-refractivity contribution in [3.8, 4) is 0 Å². The molecule has 3 N–H and O–H groups in total. The molecule has 0 atom stereocenters. The van der Waals surface area contributed by atoms with Crippen LogP contribution in [-0.2, 0) is 20.9 Å². The number of carbonyl (C=O) groups is 1. The standard InChI is InChI=1S/C17H24F3N3O4S/c1-16(2,3)27-15(24)22-11-6-8-23(9-7-11)28(25,26)12-4-5-14(21)13(10-12)17(18,19)20/h4-5,10-11H,6-9,21H2,1-3H3,(H,22,24). The maximum absolute atomic E-state index is 13.0. The Hall–Kier alpha value is -2.01. The number of rotatable bonds is 3. The zero-order valence-corrected chi connectivity index (χ0v) is 16.7. The van der Waals surface area contributed by atoms with Gasteiger partial charge in [0.1, 0.15) is 5.60 Å². The minimum Gasteiger partial charge on any atom is -0.444 e. The van der Waals surface area contributed by atoms with E-state index in [9.17, 15) is 26.4 Å². The van der Waals surface area contributed by atoms with Gasteiger partial charge in [-0.1, -0.05) is 0 Å². The van der Waals surface area contributed by atoms with Crippen LogP contribution in [0.3, 0.4) is 0 Å². The fraction of sp³-hybridized carbons (Fsp3) is 0.588. The summed E-state index contributed by atoms with van der Waals surface area (Å²) in [5, 5.41) is 2.68. The largest absolute Gasteiger partial charge is 0.444 e. The second kappa shape index (κ2) is 7.78. The number of nitrogens with zero attached hydrogens (tertiary/aromatic N) is 1. The van der Waals surface area contributed by atoms with Gasteiger partial charge < -0.3 is 15.8 Å². The third kappa shape index (κ3) is 5.51. The molecule has 2 rings (SSSR count). The van der Waals surface area contributed by atoms with Crippen molar-refractivity contribution in [2.24, 2.45) is 0 Å². The van der Waals surface area contributed by atoms with Crippen molar-refractivity contribution in [2.45, 2.75) is 56.3 Å². The number of halogens is 3. The Morgan fingerprint density at radius 3 is 2.29 bits per heavy atom. The molecule has 0 aromatic heterocycles. The number of hydrogen-bond donors (Lipinski definition) is 2. The van der Waals surface area contributed by atoms with E-state index in [4.69, 9.17) is 10.5 Å². The highest BCUT2D eigenvalue weighted by molar-refractivity contribution is 7.89. The van der Waals surface area contributed by atoms with E-state index in [1.165, 1.54) is 0 Å². The lowest BCUT2D eigenvalue weighted by Crippen LogP contribution is -2.47. The fourth-order valence-electron chi connectivity index (χ4n) is 2.81. The number of alkyl carbamates (subject to hydrolysis) is 1. The summed E-state index contributed by atoms with van der Waals surface area (Å²) in [5.74, 6) is 0. The summed E-state index contributed by atoms with van der Waals surface area (Å²) in [6, 6.07) is 2.27. The Morgan fingerprint density at radius 2 is 1.79 bits per heavy atom. The Labute approximate surface area is 162 Å². The molecule has 1 aromatic carbocycles. The molecule has 158 valence electrons. The third-order valence-corrected chi connectivity index (χ3v) is 6.04. The second-order valence-electron chi connectivity index (χ2n) is 7.57. The summed E-state index contributed by atoms with van der Waals surface area (Å²) in [5.41, 5.74) is 2.95. The van der Waals surface area contributed by atoms with E-state index in [1.54, 1.807) is 20.8 Å². The zero-order chi connectivity index (χ0) is 21.3. The number of alkyl halides is 3. The molecule has 0 bridgehead atoms. The van der Waals surface area contributed by atoms with Crippen LogP contribution in [0, 0.1) is 0 Å². The van der Waals surface area contributed by atoms with Gasteiger partial charge in [0.25, 0.3) is 0 Å². The first-order chi connectivity index (χ1) is 12.7. The van der Waals surface area contributed by atoms with Gasteiger partial charge in [0.2, 0.25) is 10.0 Å². The van der Waals surface area contributed by atoms with Gasteiger partial charge in [0, 0.05) is 24.8 Å². The second-order valence-corrected chi connectivity index (χ2v) is 9.51. The van der Waals surface area contributed by atoms with Crippen LogP contribution >= 0.6 is 0 Å². The lowest BCUT2D eigenvalue weighted by molar-refractivity contribution is -0.137. The third-order valence-electron chi connectivity index (χ3n) is 4.14. The molecule has 1 aliphatic heterocycles. The van der Waals surface area contributed by atoms with Crippen LogP contribution < -0.4 is 11.1 Å². The fourth-order valence-corrected chi connectivity index (χ4v) is 4.30. The van der Waals surface area contributed by atoms with Crippen LogP contribution in [0.25, 0.3) is 0 Å². The molecule has 0 unspecified atom stereocenters. The molecule has 1 fully saturated rings. The quantitative estimate of drug-likeness (QED) is 0.728. The van der Waals surface area contributed by atoms with Crippen molar-refractivity contribution in [3.05, 3.63) is 23.8 Å². The van der Waals surface area contributed by atoms with Crippen LogP contribution in [0.2, 0.25) is 0 Å². The first-order valence-corrected chi connectivity index (χ1v) is 10.1. The minimum absolute atomic E-state index is 0.0640. The van der Waals surface area contributed by atoms with Gasteiger partial charge in [0.05, 0.1) is 10.5 Å². The number of nitrogen functional groups attached to an aromatic ring is 1. The highest BCUT2D eigenvalue weighted by Gasteiger charge is 2.36. The van der Waals surface area contributed by atoms with Gasteiger partial charge in [-0.2, -0.15) is 17.5 Å². The van der Waals surface area contributed by atoms with Crippen molar-refractivity contribution >= 4 is 21.8 Å². The number of anilines is 1. The molecule has 1 heterocycles. The molecule has 11 heteroatoms. The van der Waals surface area contributed by atoms with Crippen molar-refractivity contribution in [1.29, 1.82) is 0 Å². The van der Waals surface area contributed by atoms with Gasteiger partial charge in [-0.25, -0.2) is 13.2 Å². The SMILES string of the molecule is CC(C)(C)OC(=O)NC1CCN(S(=O)(=O)c2ccc(N)c(C(F)(F)F)c2)CC1. The van der Waals surface area contributed by atoms with E-state index in [-0.39, 0.29) is 19.1 Å². The minimum atomic E-state index is -4.75. The first-order valence-electron chi connectivity index (χ1n) is 8.66. The highest BCUT2D eigenvalue weighted by Crippen LogP contribution is 2.35. The van der Waals surface area contributed by atoms with E-state index in [1.807, 2.05) is 0 Å². The smallest absolute Gasteiger partial charge is 0.418 e. The number of ether oxygens (including phenoxy) is 1. The summed E-state index contributed by atoms with van der Waals surface area (Å²) in [7, 11) is -4.11. The van der Waals surface area contributed by atoms with E-state index in [0.717, 1.165) is 16.4 Å². The van der Waals surface area contributed by atoms with Crippen molar-refractivity contribution in [2.75, 3.05) is 18.8 Å². The molecule has 0 saturated carbocycles. The summed E-state index contributed by atoms with van der Waals surface area (Å²) in [4.78, 5) is 11.3. The van der Waals surface area contributed by atoms with Crippen LogP contribution in [0.1, 0.15) is 39.2 Å². The van der Waals surface area contributed by atoms with Gasteiger partial charge >= 0.3 is 12.3 Å². The van der Waals surface area contributed by atoms with Gasteiger partial charge in [-0.3, -0.25) is 0 Å². The molecular formula is C17H24F3N3O4S. The number of amides is 1. The maximum Gasteiger partial charge on any atom is 0.418 e. The van der Waals surface area contributed by atoms with Crippen LogP contribution in [-0.4, -0.2) is 43.5 Å². The summed E-state index contributed by atoms with van der Waals surface area (Å²) < 4.78 is 70.7. The Bertz CT molecular complexity index is 827. The van der Waals surface area contributed by atoms with Crippen LogP contribution in [0.4, 0.5) is 23.7 Å². The molecule has 0 spiro atoms. The lowest BCUT2D eigenvalue weighted by Gasteiger charge is -2.32. The predicted molar refractivity (Wildman–Crippen MR) is 97.0 cm³/mol. The average Bonchev–Trinajstić information content (AvgIpc) is 2.52. The van der Waals surface area contributed by atoms with Crippen molar-refractivity contribution in [1.82, 2.24) is 9.62 Å². The highest BCUT2D eigenvalue weighted by atomic mass is 32.2. The molecule has 0 radical (unpaired) electrons. The van der Waals surface area contributed by atoms with Gasteiger partial charge in [-0.05, 0) is 51.8 Å². The molecule has 1 aliphatic rings. The van der Waals surface area contributed by atoms with E-state index in [2.05, 4.69) is 5.32 Å². The Balaban J connectivity index is 2.07. The van der Waals surface area contributed by atoms with E-state index >= 15 is 0 Å². The molecule has 1 amide bonds. The van der Waals surface area contributed by atoms with Gasteiger partial charge in [0.15, 0.2) is 0 Å². The monoisotopic (exact) mass is 423 g/mol. The average molecular weight is 423 g/mol. The van der Waals surface area contributed by atoms with Crippen molar-refractivity contribution in [3.63, 3.8) is 0 Å². The van der Waals surface area contributed by atoms with E-state index in [0.29, 0.717) is 18.9 Å². The van der Waals surface area contributed by atoms with Crippen LogP contribution in [0.15, 0.2) is 23.1 Å². The number of sulfonamides is 1.